The molecular weight excluding hydrogens is 259 g/mol. The molecule has 0 radical (unpaired) electrons. The molecule has 1 aromatic heterocycles. The van der Waals surface area contributed by atoms with Crippen molar-refractivity contribution in [2.24, 2.45) is 29.6 Å². The second-order valence-corrected chi connectivity index (χ2v) is 7.83. The molecule has 3 saturated carbocycles. The minimum atomic E-state index is 0.232. The van der Waals surface area contributed by atoms with Gasteiger partial charge in [-0.25, -0.2) is 0 Å². The average Bonchev–Trinajstić information content (AvgIpc) is 2.68. The molecule has 5 atom stereocenters. The Hall–Kier alpha value is 0.280. The third-order valence-corrected chi connectivity index (χ3v) is 6.97. The third kappa shape index (κ3) is 1.28. The van der Waals surface area contributed by atoms with Gasteiger partial charge in [-0.1, -0.05) is 11.6 Å². The molecular formula is C13H14Cl2S. The minimum Gasteiger partial charge on any atom is -0.127 e. The van der Waals surface area contributed by atoms with E-state index in [1.165, 1.54) is 24.1 Å². The van der Waals surface area contributed by atoms with Gasteiger partial charge < -0.3 is 0 Å². The zero-order chi connectivity index (χ0) is 10.9. The van der Waals surface area contributed by atoms with Gasteiger partial charge in [0.15, 0.2) is 0 Å². The Morgan fingerprint density at radius 1 is 1.19 bits per heavy atom. The molecule has 2 bridgehead atoms. The van der Waals surface area contributed by atoms with E-state index < -0.39 is 0 Å². The summed E-state index contributed by atoms with van der Waals surface area (Å²) < 4.78 is 0.870. The molecule has 0 aromatic carbocycles. The summed E-state index contributed by atoms with van der Waals surface area (Å²) in [4.78, 5) is 1.28. The van der Waals surface area contributed by atoms with Crippen molar-refractivity contribution in [3.05, 3.63) is 21.3 Å². The minimum absolute atomic E-state index is 0.232. The molecule has 1 aromatic rings. The molecule has 1 heterocycles. The van der Waals surface area contributed by atoms with Crippen LogP contribution in [0.1, 0.15) is 29.5 Å². The zero-order valence-electron chi connectivity index (χ0n) is 8.90. The van der Waals surface area contributed by atoms with Crippen LogP contribution in [0, 0.1) is 29.6 Å². The summed E-state index contributed by atoms with van der Waals surface area (Å²) in [5.74, 6) is 4.71. The van der Waals surface area contributed by atoms with E-state index in [1.54, 1.807) is 11.3 Å². The van der Waals surface area contributed by atoms with Crippen LogP contribution in [0.4, 0.5) is 0 Å². The molecule has 3 fully saturated rings. The van der Waals surface area contributed by atoms with Gasteiger partial charge in [-0.15, -0.1) is 22.9 Å². The molecule has 3 aliphatic rings. The molecule has 0 N–H and O–H groups in total. The van der Waals surface area contributed by atoms with Crippen LogP contribution in [0.25, 0.3) is 0 Å². The molecule has 16 heavy (non-hydrogen) atoms. The van der Waals surface area contributed by atoms with Crippen molar-refractivity contribution >= 4 is 34.5 Å². The van der Waals surface area contributed by atoms with Gasteiger partial charge in [0, 0.05) is 4.88 Å². The quantitative estimate of drug-likeness (QED) is 0.667. The standard InChI is InChI=1S/C13H14Cl2S/c14-9-4-3-8(16-9)13(15)12-10-6-1-2-7(5-6)11(10)12/h3-4,6-7,10-13H,1-2,5H2. The molecule has 86 valence electrons. The summed E-state index contributed by atoms with van der Waals surface area (Å²) in [7, 11) is 0. The lowest BCUT2D eigenvalue weighted by molar-refractivity contribution is 0.456. The predicted octanol–water partition coefficient (Wildman–Crippen LogP) is 4.97. The van der Waals surface area contributed by atoms with Gasteiger partial charge in [0.2, 0.25) is 0 Å². The maximum Gasteiger partial charge on any atom is 0.0931 e. The van der Waals surface area contributed by atoms with Crippen molar-refractivity contribution < 1.29 is 0 Å². The van der Waals surface area contributed by atoms with Crippen LogP contribution in [0.5, 0.6) is 0 Å². The van der Waals surface area contributed by atoms with Crippen molar-refractivity contribution in [1.29, 1.82) is 0 Å². The molecule has 0 saturated heterocycles. The Balaban J connectivity index is 1.57. The fourth-order valence-electron chi connectivity index (χ4n) is 4.45. The lowest BCUT2D eigenvalue weighted by Gasteiger charge is -2.12. The van der Waals surface area contributed by atoms with Gasteiger partial charge >= 0.3 is 0 Å². The van der Waals surface area contributed by atoms with E-state index in [0.29, 0.717) is 0 Å². The smallest absolute Gasteiger partial charge is 0.0931 e. The number of fused-ring (bicyclic) bond motifs is 5. The Kier molecular flexibility index (Phi) is 2.17. The number of rotatable bonds is 2. The van der Waals surface area contributed by atoms with E-state index in [1.807, 2.05) is 6.07 Å². The fourth-order valence-corrected chi connectivity index (χ4v) is 6.09. The Morgan fingerprint density at radius 2 is 1.88 bits per heavy atom. The number of alkyl halides is 1. The summed E-state index contributed by atoms with van der Waals surface area (Å²) in [6.07, 6.45) is 4.44. The van der Waals surface area contributed by atoms with Gasteiger partial charge in [0.25, 0.3) is 0 Å². The van der Waals surface area contributed by atoms with Gasteiger partial charge in [-0.3, -0.25) is 0 Å². The molecule has 3 heteroatoms. The van der Waals surface area contributed by atoms with Gasteiger partial charge in [0.1, 0.15) is 0 Å². The summed E-state index contributed by atoms with van der Waals surface area (Å²) in [5.41, 5.74) is 0. The van der Waals surface area contributed by atoms with Crippen molar-refractivity contribution in [3.63, 3.8) is 0 Å². The third-order valence-electron chi connectivity index (χ3n) is 5.00. The maximum atomic E-state index is 6.63. The highest BCUT2D eigenvalue weighted by molar-refractivity contribution is 7.16. The molecule has 0 aliphatic heterocycles. The first-order valence-electron chi connectivity index (χ1n) is 6.15. The van der Waals surface area contributed by atoms with E-state index in [0.717, 1.165) is 33.9 Å². The van der Waals surface area contributed by atoms with E-state index in [-0.39, 0.29) is 5.38 Å². The van der Waals surface area contributed by atoms with Crippen LogP contribution in [-0.2, 0) is 0 Å². The summed E-state index contributed by atoms with van der Waals surface area (Å²) >= 11 is 14.3. The van der Waals surface area contributed by atoms with E-state index >= 15 is 0 Å². The van der Waals surface area contributed by atoms with Crippen molar-refractivity contribution in [1.82, 2.24) is 0 Å². The predicted molar refractivity (Wildman–Crippen MR) is 69.2 cm³/mol. The van der Waals surface area contributed by atoms with Gasteiger partial charge in [-0.2, -0.15) is 0 Å². The van der Waals surface area contributed by atoms with Crippen LogP contribution in [-0.4, -0.2) is 0 Å². The number of thiophene rings is 1. The van der Waals surface area contributed by atoms with Crippen LogP contribution in [0.2, 0.25) is 4.34 Å². The van der Waals surface area contributed by atoms with Crippen LogP contribution in [0.3, 0.4) is 0 Å². The van der Waals surface area contributed by atoms with Crippen molar-refractivity contribution in [2.75, 3.05) is 0 Å². The second-order valence-electron chi connectivity index (χ2n) is 5.61. The lowest BCUT2D eigenvalue weighted by Crippen LogP contribution is -2.02. The van der Waals surface area contributed by atoms with E-state index in [2.05, 4.69) is 6.07 Å². The monoisotopic (exact) mass is 272 g/mol. The van der Waals surface area contributed by atoms with Crippen LogP contribution >= 0.6 is 34.5 Å². The number of halogens is 2. The first kappa shape index (κ1) is 10.2. The SMILES string of the molecule is Clc1ccc(C(Cl)C2C3C4CCC(C4)C32)s1. The molecule has 0 amide bonds. The summed E-state index contributed by atoms with van der Waals surface area (Å²) in [6, 6.07) is 4.09. The van der Waals surface area contributed by atoms with E-state index in [9.17, 15) is 0 Å². The largest absolute Gasteiger partial charge is 0.127 e. The first-order chi connectivity index (χ1) is 7.75. The Labute approximate surface area is 110 Å². The lowest BCUT2D eigenvalue weighted by atomic mass is 10.00. The average molecular weight is 273 g/mol. The van der Waals surface area contributed by atoms with Crippen molar-refractivity contribution in [3.8, 4) is 0 Å². The Bertz CT molecular complexity index is 411. The summed E-state index contributed by atoms with van der Waals surface area (Å²) in [6.45, 7) is 0. The maximum absolute atomic E-state index is 6.63. The fraction of sp³-hybridized carbons (Fsp3) is 0.692. The van der Waals surface area contributed by atoms with Gasteiger partial charge in [-0.05, 0) is 61.0 Å². The first-order valence-corrected chi connectivity index (χ1v) is 7.78. The highest BCUT2D eigenvalue weighted by atomic mass is 35.5. The topological polar surface area (TPSA) is 0 Å². The zero-order valence-corrected chi connectivity index (χ0v) is 11.2. The molecule has 4 rings (SSSR count). The van der Waals surface area contributed by atoms with Crippen molar-refractivity contribution in [2.45, 2.75) is 24.6 Å². The Morgan fingerprint density at radius 3 is 2.44 bits per heavy atom. The van der Waals surface area contributed by atoms with E-state index in [4.69, 9.17) is 23.2 Å². The molecule has 0 spiro atoms. The highest BCUT2D eigenvalue weighted by Crippen LogP contribution is 2.73. The van der Waals surface area contributed by atoms with Crippen LogP contribution in [0.15, 0.2) is 12.1 Å². The second kappa shape index (κ2) is 3.40. The van der Waals surface area contributed by atoms with Crippen LogP contribution < -0.4 is 0 Å². The number of hydrogen-bond acceptors (Lipinski definition) is 1. The molecule has 3 aliphatic carbocycles. The normalized spacial score (nSPS) is 45.8. The molecule has 5 unspecified atom stereocenters. The molecule has 0 nitrogen and oxygen atoms in total. The number of hydrogen-bond donors (Lipinski definition) is 0. The highest BCUT2D eigenvalue weighted by Gasteiger charge is 2.66. The summed E-state index contributed by atoms with van der Waals surface area (Å²) in [5, 5.41) is 0.232. The van der Waals surface area contributed by atoms with Gasteiger partial charge in [0.05, 0.1) is 9.71 Å².